The van der Waals surface area contributed by atoms with Gasteiger partial charge in [-0.05, 0) is 37.3 Å². The molecule has 1 N–H and O–H groups in total. The summed E-state index contributed by atoms with van der Waals surface area (Å²) in [7, 11) is -3.36. The number of aromatic nitrogens is 1. The molecule has 1 fully saturated rings. The molecule has 0 saturated carbocycles. The molecule has 1 unspecified atom stereocenters. The summed E-state index contributed by atoms with van der Waals surface area (Å²) >= 11 is 3.15. The Morgan fingerprint density at radius 3 is 2.96 bits per heavy atom. The lowest BCUT2D eigenvalue weighted by Gasteiger charge is -2.21. The van der Waals surface area contributed by atoms with Crippen molar-refractivity contribution >= 4 is 54.9 Å². The third-order valence-corrected chi connectivity index (χ3v) is 7.04. The van der Waals surface area contributed by atoms with Crippen molar-refractivity contribution in [2.45, 2.75) is 23.2 Å². The molecule has 2 aromatic rings. The normalized spacial score (nSPS) is 19.3. The summed E-state index contributed by atoms with van der Waals surface area (Å²) in [4.78, 5) is 16.9. The number of rotatable bonds is 4. The van der Waals surface area contributed by atoms with E-state index in [0.717, 1.165) is 20.8 Å². The molecule has 1 aromatic heterocycles. The minimum Gasteiger partial charge on any atom is -0.325 e. The number of fused-ring (bicyclic) bond motifs is 1. The highest BCUT2D eigenvalue weighted by atomic mass is 32.2. The summed E-state index contributed by atoms with van der Waals surface area (Å²) < 4.78 is 26.7. The average Bonchev–Trinajstić information content (AvgIpc) is 3.12. The van der Waals surface area contributed by atoms with Crippen molar-refractivity contribution in [3.8, 4) is 0 Å². The predicted octanol–water partition coefficient (Wildman–Crippen LogP) is 2.38. The van der Waals surface area contributed by atoms with Crippen LogP contribution in [0.5, 0.6) is 0 Å². The standard InChI is InChI=1S/C14H17N3O3S3/c1-21-14-16-10-6-5-9(8-12(10)22-14)15-13(18)11-4-3-7-17(11)23(2,19)20/h5-6,8,11H,3-4,7H2,1-2H3,(H,15,18). The van der Waals surface area contributed by atoms with Gasteiger partial charge in [0, 0.05) is 12.2 Å². The van der Waals surface area contributed by atoms with Crippen LogP contribution in [0.25, 0.3) is 10.2 Å². The van der Waals surface area contributed by atoms with E-state index in [1.807, 2.05) is 18.4 Å². The lowest BCUT2D eigenvalue weighted by Crippen LogP contribution is -2.42. The molecule has 1 saturated heterocycles. The second-order valence-corrected chi connectivity index (χ2v) is 9.41. The number of hydrogen-bond acceptors (Lipinski definition) is 6. The maximum Gasteiger partial charge on any atom is 0.242 e. The van der Waals surface area contributed by atoms with Crippen LogP contribution in [0, 0.1) is 0 Å². The van der Waals surface area contributed by atoms with E-state index in [4.69, 9.17) is 0 Å². The van der Waals surface area contributed by atoms with Gasteiger partial charge in [-0.2, -0.15) is 4.31 Å². The number of amides is 1. The van der Waals surface area contributed by atoms with Crippen LogP contribution >= 0.6 is 23.1 Å². The number of hydrogen-bond donors (Lipinski definition) is 1. The van der Waals surface area contributed by atoms with E-state index in [9.17, 15) is 13.2 Å². The van der Waals surface area contributed by atoms with Crippen LogP contribution < -0.4 is 5.32 Å². The van der Waals surface area contributed by atoms with Gasteiger partial charge >= 0.3 is 0 Å². The predicted molar refractivity (Wildman–Crippen MR) is 94.6 cm³/mol. The van der Waals surface area contributed by atoms with E-state index < -0.39 is 16.1 Å². The van der Waals surface area contributed by atoms with Gasteiger partial charge in [-0.25, -0.2) is 13.4 Å². The van der Waals surface area contributed by atoms with Crippen molar-refractivity contribution in [2.24, 2.45) is 0 Å². The number of anilines is 1. The van der Waals surface area contributed by atoms with Crippen molar-refractivity contribution < 1.29 is 13.2 Å². The van der Waals surface area contributed by atoms with Crippen molar-refractivity contribution in [1.29, 1.82) is 0 Å². The number of nitrogens with zero attached hydrogens (tertiary/aromatic N) is 2. The second-order valence-electron chi connectivity index (χ2n) is 5.39. The number of nitrogens with one attached hydrogen (secondary N) is 1. The topological polar surface area (TPSA) is 79.4 Å². The molecular weight excluding hydrogens is 354 g/mol. The first-order chi connectivity index (χ1) is 10.9. The lowest BCUT2D eigenvalue weighted by atomic mass is 10.2. The molecular formula is C14H17N3O3S3. The Morgan fingerprint density at radius 1 is 1.48 bits per heavy atom. The number of carbonyl (C=O) groups excluding carboxylic acids is 1. The van der Waals surface area contributed by atoms with E-state index >= 15 is 0 Å². The third-order valence-electron chi connectivity index (χ3n) is 3.74. The first-order valence-corrected chi connectivity index (χ1v) is 11.0. The maximum absolute atomic E-state index is 12.4. The Hall–Kier alpha value is -1.16. The maximum atomic E-state index is 12.4. The van der Waals surface area contributed by atoms with Crippen LogP contribution in [-0.2, 0) is 14.8 Å². The molecule has 0 aliphatic carbocycles. The van der Waals surface area contributed by atoms with Gasteiger partial charge in [0.05, 0.1) is 16.5 Å². The van der Waals surface area contributed by atoms with Gasteiger partial charge in [0.2, 0.25) is 15.9 Å². The highest BCUT2D eigenvalue weighted by molar-refractivity contribution is 8.00. The van der Waals surface area contributed by atoms with E-state index in [1.165, 1.54) is 4.31 Å². The molecule has 23 heavy (non-hydrogen) atoms. The minimum atomic E-state index is -3.36. The van der Waals surface area contributed by atoms with E-state index in [2.05, 4.69) is 10.3 Å². The fourth-order valence-electron chi connectivity index (χ4n) is 2.69. The first kappa shape index (κ1) is 16.7. The fourth-order valence-corrected chi connectivity index (χ4v) is 5.35. The highest BCUT2D eigenvalue weighted by Crippen LogP contribution is 2.30. The number of thiazole rings is 1. The Labute approximate surface area is 143 Å². The first-order valence-electron chi connectivity index (χ1n) is 7.11. The summed E-state index contributed by atoms with van der Waals surface area (Å²) in [6.45, 7) is 0.405. The van der Waals surface area contributed by atoms with Gasteiger partial charge in [0.25, 0.3) is 0 Å². The molecule has 9 heteroatoms. The molecule has 3 rings (SSSR count). The second kappa shape index (κ2) is 6.39. The quantitative estimate of drug-likeness (QED) is 0.835. The van der Waals surface area contributed by atoms with Crippen molar-refractivity contribution in [3.05, 3.63) is 18.2 Å². The van der Waals surface area contributed by atoms with Gasteiger partial charge in [0.1, 0.15) is 6.04 Å². The van der Waals surface area contributed by atoms with E-state index in [0.29, 0.717) is 25.1 Å². The monoisotopic (exact) mass is 371 g/mol. The van der Waals surface area contributed by atoms with Crippen molar-refractivity contribution in [2.75, 3.05) is 24.4 Å². The fraction of sp³-hybridized carbons (Fsp3) is 0.429. The van der Waals surface area contributed by atoms with Crippen molar-refractivity contribution in [1.82, 2.24) is 9.29 Å². The largest absolute Gasteiger partial charge is 0.325 e. The minimum absolute atomic E-state index is 0.276. The Bertz CT molecular complexity index is 847. The molecule has 2 heterocycles. The molecule has 124 valence electrons. The highest BCUT2D eigenvalue weighted by Gasteiger charge is 2.36. The van der Waals surface area contributed by atoms with Gasteiger partial charge in [-0.15, -0.1) is 11.3 Å². The summed E-state index contributed by atoms with van der Waals surface area (Å²) in [6.07, 6.45) is 4.38. The van der Waals surface area contributed by atoms with E-state index in [-0.39, 0.29) is 5.91 Å². The molecule has 0 bridgehead atoms. The smallest absolute Gasteiger partial charge is 0.242 e. The number of thioether (sulfide) groups is 1. The van der Waals surface area contributed by atoms with Crippen LogP contribution in [0.2, 0.25) is 0 Å². The molecule has 6 nitrogen and oxygen atoms in total. The lowest BCUT2D eigenvalue weighted by molar-refractivity contribution is -0.119. The Kier molecular flexibility index (Phi) is 4.63. The summed E-state index contributed by atoms with van der Waals surface area (Å²) in [6, 6.07) is 4.92. The van der Waals surface area contributed by atoms with E-state index in [1.54, 1.807) is 29.2 Å². The molecule has 0 radical (unpaired) electrons. The molecule has 1 amide bonds. The van der Waals surface area contributed by atoms with Crippen LogP contribution in [-0.4, -0.2) is 48.7 Å². The zero-order valence-electron chi connectivity index (χ0n) is 12.8. The zero-order valence-corrected chi connectivity index (χ0v) is 15.2. The SMILES string of the molecule is CSc1nc2ccc(NC(=O)C3CCCN3S(C)(=O)=O)cc2s1. The molecule has 0 spiro atoms. The molecule has 1 aliphatic heterocycles. The number of benzene rings is 1. The van der Waals surface area contributed by atoms with Gasteiger partial charge in [-0.3, -0.25) is 4.79 Å². The van der Waals surface area contributed by atoms with Gasteiger partial charge < -0.3 is 5.32 Å². The Morgan fingerprint density at radius 2 is 2.26 bits per heavy atom. The summed E-state index contributed by atoms with van der Waals surface area (Å²) in [5.41, 5.74) is 1.56. The van der Waals surface area contributed by atoms with Crippen LogP contribution in [0.4, 0.5) is 5.69 Å². The van der Waals surface area contributed by atoms with Crippen LogP contribution in [0.1, 0.15) is 12.8 Å². The summed E-state index contributed by atoms with van der Waals surface area (Å²) in [5, 5.41) is 2.83. The third kappa shape index (κ3) is 3.52. The average molecular weight is 372 g/mol. The van der Waals surface area contributed by atoms with Crippen LogP contribution in [0.15, 0.2) is 22.5 Å². The number of sulfonamides is 1. The summed E-state index contributed by atoms with van der Waals surface area (Å²) in [5.74, 6) is -0.276. The van der Waals surface area contributed by atoms with Crippen molar-refractivity contribution in [3.63, 3.8) is 0 Å². The van der Waals surface area contributed by atoms with Crippen LogP contribution in [0.3, 0.4) is 0 Å². The molecule has 1 aliphatic rings. The van der Waals surface area contributed by atoms with Gasteiger partial charge in [0.15, 0.2) is 4.34 Å². The Balaban J connectivity index is 1.79. The molecule has 1 atom stereocenters. The van der Waals surface area contributed by atoms with Gasteiger partial charge in [-0.1, -0.05) is 11.8 Å². The zero-order chi connectivity index (χ0) is 16.6. The number of carbonyl (C=O) groups is 1. The molecule has 1 aromatic carbocycles.